The molecule has 1 N–H and O–H groups in total. The van der Waals surface area contributed by atoms with Gasteiger partial charge in [-0.3, -0.25) is 4.90 Å². The van der Waals surface area contributed by atoms with Crippen LogP contribution in [0.1, 0.15) is 24.5 Å². The molecule has 3 rings (SSSR count). The fourth-order valence-electron chi connectivity index (χ4n) is 3.41. The van der Waals surface area contributed by atoms with Crippen molar-refractivity contribution in [2.24, 2.45) is 0 Å². The molecule has 2 aliphatic heterocycles. The third kappa shape index (κ3) is 1.90. The van der Waals surface area contributed by atoms with Crippen molar-refractivity contribution in [3.05, 3.63) is 28.3 Å². The van der Waals surface area contributed by atoms with Crippen LogP contribution in [-0.4, -0.2) is 40.8 Å². The lowest BCUT2D eigenvalue weighted by molar-refractivity contribution is 0.133. The number of carbonyl (C=O) groups is 1. The first-order valence-electron chi connectivity index (χ1n) is 6.94. The number of nitrogens with zero attached hydrogens (tertiary/aromatic N) is 3. The van der Waals surface area contributed by atoms with Gasteiger partial charge in [-0.15, -0.1) is 0 Å². The second-order valence-corrected chi connectivity index (χ2v) is 5.99. The highest BCUT2D eigenvalue weighted by Gasteiger charge is 2.50. The van der Waals surface area contributed by atoms with Crippen LogP contribution in [0.4, 0.5) is 10.5 Å². The Balaban J connectivity index is 2.04. The number of aliphatic hydroxyl groups excluding tert-OH is 1. The maximum atomic E-state index is 12.6. The Labute approximate surface area is 128 Å². The van der Waals surface area contributed by atoms with Crippen molar-refractivity contribution in [1.29, 1.82) is 5.26 Å². The summed E-state index contributed by atoms with van der Waals surface area (Å²) >= 11 is 6.20. The quantitative estimate of drug-likeness (QED) is 0.865. The second kappa shape index (κ2) is 4.90. The summed E-state index contributed by atoms with van der Waals surface area (Å²) in [7, 11) is 0. The van der Waals surface area contributed by atoms with Gasteiger partial charge in [0.15, 0.2) is 0 Å². The molecule has 5 nitrogen and oxygen atoms in total. The molecule has 0 aliphatic carbocycles. The van der Waals surface area contributed by atoms with Gasteiger partial charge in [-0.2, -0.15) is 5.26 Å². The lowest BCUT2D eigenvalue weighted by Crippen LogP contribution is -2.39. The number of amides is 2. The lowest BCUT2D eigenvalue weighted by atomic mass is 10.0. The average Bonchev–Trinajstić information content (AvgIpc) is 2.95. The maximum Gasteiger partial charge on any atom is 0.325 e. The number of anilines is 1. The zero-order valence-electron chi connectivity index (χ0n) is 11.9. The number of halogens is 1. The first-order valence-corrected chi connectivity index (χ1v) is 7.32. The molecule has 21 heavy (non-hydrogen) atoms. The van der Waals surface area contributed by atoms with Crippen LogP contribution >= 0.6 is 11.6 Å². The standard InChI is InChI=1S/C15H16ClN3O2/c1-8-11(4-3-10(7-17)13(8)16)19-9(2)14-12(20)5-6-18(14)15(19)21/h3-4,9,12,14,20H,5-6H2,1-2H3/t9-,12?,14+/m0/s1. The Kier molecular flexibility index (Phi) is 3.31. The minimum Gasteiger partial charge on any atom is -0.391 e. The summed E-state index contributed by atoms with van der Waals surface area (Å²) in [6.07, 6.45) is 0.143. The summed E-state index contributed by atoms with van der Waals surface area (Å²) in [4.78, 5) is 16.0. The molecule has 1 aromatic carbocycles. The molecule has 2 heterocycles. The van der Waals surface area contributed by atoms with Crippen molar-refractivity contribution in [1.82, 2.24) is 4.90 Å². The summed E-state index contributed by atoms with van der Waals surface area (Å²) in [5, 5.41) is 19.5. The predicted molar refractivity (Wildman–Crippen MR) is 79.4 cm³/mol. The van der Waals surface area contributed by atoms with Crippen molar-refractivity contribution in [2.45, 2.75) is 38.5 Å². The van der Waals surface area contributed by atoms with Gasteiger partial charge < -0.3 is 10.0 Å². The minimum atomic E-state index is -0.483. The molecule has 0 bridgehead atoms. The van der Waals surface area contributed by atoms with E-state index in [9.17, 15) is 9.90 Å². The van der Waals surface area contributed by atoms with Crippen molar-refractivity contribution in [3.8, 4) is 6.07 Å². The molecule has 0 aromatic heterocycles. The molecule has 3 atom stereocenters. The predicted octanol–water partition coefficient (Wildman–Crippen LogP) is 2.28. The Morgan fingerprint density at radius 1 is 1.48 bits per heavy atom. The van der Waals surface area contributed by atoms with E-state index in [0.717, 1.165) is 0 Å². The zero-order valence-corrected chi connectivity index (χ0v) is 12.6. The molecule has 0 saturated carbocycles. The van der Waals surface area contributed by atoms with E-state index >= 15 is 0 Å². The van der Waals surface area contributed by atoms with E-state index in [0.29, 0.717) is 34.8 Å². The van der Waals surface area contributed by atoms with Crippen LogP contribution in [0, 0.1) is 18.3 Å². The van der Waals surface area contributed by atoms with Crippen LogP contribution in [0.25, 0.3) is 0 Å². The smallest absolute Gasteiger partial charge is 0.325 e. The molecule has 110 valence electrons. The monoisotopic (exact) mass is 305 g/mol. The van der Waals surface area contributed by atoms with Crippen molar-refractivity contribution in [2.75, 3.05) is 11.4 Å². The van der Waals surface area contributed by atoms with Gasteiger partial charge in [-0.05, 0) is 38.0 Å². The van der Waals surface area contributed by atoms with Gasteiger partial charge in [0.05, 0.1) is 34.5 Å². The van der Waals surface area contributed by atoms with E-state index in [4.69, 9.17) is 16.9 Å². The molecule has 2 fully saturated rings. The van der Waals surface area contributed by atoms with Gasteiger partial charge in [-0.1, -0.05) is 11.6 Å². The van der Waals surface area contributed by atoms with E-state index in [1.807, 2.05) is 13.0 Å². The van der Waals surface area contributed by atoms with Crippen LogP contribution in [-0.2, 0) is 0 Å². The normalized spacial score (nSPS) is 28.0. The van der Waals surface area contributed by atoms with Gasteiger partial charge >= 0.3 is 6.03 Å². The molecule has 0 radical (unpaired) electrons. The number of urea groups is 1. The van der Waals surface area contributed by atoms with Crippen LogP contribution in [0.2, 0.25) is 5.02 Å². The molecule has 6 heteroatoms. The van der Waals surface area contributed by atoms with E-state index < -0.39 is 6.10 Å². The van der Waals surface area contributed by atoms with Gasteiger partial charge in [0.25, 0.3) is 0 Å². The molecule has 0 spiro atoms. The largest absolute Gasteiger partial charge is 0.391 e. The molecule has 2 amide bonds. The molecular weight excluding hydrogens is 290 g/mol. The maximum absolute atomic E-state index is 12.6. The first kappa shape index (κ1) is 14.2. The third-order valence-corrected chi connectivity index (χ3v) is 5.00. The summed E-state index contributed by atoms with van der Waals surface area (Å²) in [5.41, 5.74) is 1.82. The third-order valence-electron chi connectivity index (χ3n) is 4.51. The number of nitriles is 1. The van der Waals surface area contributed by atoms with E-state index in [1.54, 1.807) is 28.9 Å². The minimum absolute atomic E-state index is 0.104. The Bertz CT molecular complexity index is 655. The van der Waals surface area contributed by atoms with E-state index in [-0.39, 0.29) is 18.1 Å². The topological polar surface area (TPSA) is 67.6 Å². The summed E-state index contributed by atoms with van der Waals surface area (Å²) in [5.74, 6) is 0. The number of hydrogen-bond acceptors (Lipinski definition) is 3. The van der Waals surface area contributed by atoms with E-state index in [2.05, 4.69) is 0 Å². The molecule has 2 aliphatic rings. The summed E-state index contributed by atoms with van der Waals surface area (Å²) < 4.78 is 0. The molecule has 2 saturated heterocycles. The van der Waals surface area contributed by atoms with Crippen LogP contribution < -0.4 is 4.90 Å². The summed E-state index contributed by atoms with van der Waals surface area (Å²) in [6, 6.07) is 5.01. The van der Waals surface area contributed by atoms with E-state index in [1.165, 1.54) is 0 Å². The number of carbonyl (C=O) groups excluding carboxylic acids is 1. The molecule has 1 unspecified atom stereocenters. The Hall–Kier alpha value is -1.77. The number of rotatable bonds is 1. The fourth-order valence-corrected chi connectivity index (χ4v) is 3.62. The first-order chi connectivity index (χ1) is 9.97. The summed E-state index contributed by atoms with van der Waals surface area (Å²) in [6.45, 7) is 4.32. The van der Waals surface area contributed by atoms with Gasteiger partial charge in [-0.25, -0.2) is 4.79 Å². The van der Waals surface area contributed by atoms with Gasteiger partial charge in [0.2, 0.25) is 0 Å². The zero-order chi connectivity index (χ0) is 15.3. The molecular formula is C15H16ClN3O2. The number of benzene rings is 1. The Morgan fingerprint density at radius 3 is 2.81 bits per heavy atom. The van der Waals surface area contributed by atoms with Gasteiger partial charge in [0, 0.05) is 6.54 Å². The van der Waals surface area contributed by atoms with Crippen LogP contribution in [0.5, 0.6) is 0 Å². The highest BCUT2D eigenvalue weighted by Crippen LogP contribution is 2.38. The number of fused-ring (bicyclic) bond motifs is 1. The SMILES string of the molecule is Cc1c(N2C(=O)N3CCC(O)[C@H]3[C@@H]2C)ccc(C#N)c1Cl. The number of aliphatic hydroxyl groups is 1. The van der Waals surface area contributed by atoms with Crippen LogP contribution in [0.3, 0.4) is 0 Å². The van der Waals surface area contributed by atoms with Gasteiger partial charge in [0.1, 0.15) is 6.07 Å². The Morgan fingerprint density at radius 2 is 2.19 bits per heavy atom. The van der Waals surface area contributed by atoms with Crippen molar-refractivity contribution in [3.63, 3.8) is 0 Å². The highest BCUT2D eigenvalue weighted by molar-refractivity contribution is 6.33. The average molecular weight is 306 g/mol. The van der Waals surface area contributed by atoms with Crippen LogP contribution in [0.15, 0.2) is 12.1 Å². The molecule has 1 aromatic rings. The fraction of sp³-hybridized carbons (Fsp3) is 0.467. The number of hydrogen-bond donors (Lipinski definition) is 1. The van der Waals surface area contributed by atoms with Crippen molar-refractivity contribution >= 4 is 23.3 Å². The second-order valence-electron chi connectivity index (χ2n) is 5.62. The highest BCUT2D eigenvalue weighted by atomic mass is 35.5. The lowest BCUT2D eigenvalue weighted by Gasteiger charge is -2.26. The van der Waals surface area contributed by atoms with Crippen molar-refractivity contribution < 1.29 is 9.90 Å².